The average Bonchev–Trinajstić information content (AvgIpc) is 2.50. The Hall–Kier alpha value is -1.50. The van der Waals surface area contributed by atoms with Gasteiger partial charge in [-0.15, -0.1) is 11.6 Å². The van der Waals surface area contributed by atoms with Crippen LogP contribution in [-0.4, -0.2) is 0 Å². The number of halogens is 2. The highest BCUT2D eigenvalue weighted by Crippen LogP contribution is 2.34. The molecule has 0 bridgehead atoms. The quantitative estimate of drug-likeness (QED) is 0.496. The van der Waals surface area contributed by atoms with Gasteiger partial charge in [-0.25, -0.2) is 0 Å². The van der Waals surface area contributed by atoms with Crippen molar-refractivity contribution in [1.29, 1.82) is 0 Å². The fourth-order valence-corrected chi connectivity index (χ4v) is 3.20. The maximum atomic E-state index is 6.67. The maximum Gasteiger partial charge on any atom is 0.0631 e. The van der Waals surface area contributed by atoms with E-state index in [2.05, 4.69) is 37.3 Å². The minimum absolute atomic E-state index is 0.0603. The molecule has 3 aromatic rings. The van der Waals surface area contributed by atoms with Crippen molar-refractivity contribution in [3.05, 3.63) is 82.4 Å². The molecule has 106 valence electrons. The third-order valence-corrected chi connectivity index (χ3v) is 4.50. The zero-order valence-electron chi connectivity index (χ0n) is 11.8. The second kappa shape index (κ2) is 6.09. The van der Waals surface area contributed by atoms with Gasteiger partial charge in [-0.05, 0) is 35.9 Å². The lowest BCUT2D eigenvalue weighted by atomic mass is 9.98. The number of hydrogen-bond acceptors (Lipinski definition) is 0. The van der Waals surface area contributed by atoms with Crippen molar-refractivity contribution < 1.29 is 0 Å². The van der Waals surface area contributed by atoms with Crippen molar-refractivity contribution in [2.75, 3.05) is 0 Å². The van der Waals surface area contributed by atoms with Crippen LogP contribution >= 0.6 is 23.2 Å². The Morgan fingerprint density at radius 3 is 2.24 bits per heavy atom. The summed E-state index contributed by atoms with van der Waals surface area (Å²) >= 11 is 12.9. The molecule has 0 saturated heterocycles. The van der Waals surface area contributed by atoms with Crippen molar-refractivity contribution in [3.63, 3.8) is 0 Å². The second-order valence-corrected chi connectivity index (χ2v) is 6.27. The van der Waals surface area contributed by atoms with Crippen molar-refractivity contribution in [2.45, 2.75) is 18.7 Å². The number of hydrogen-bond donors (Lipinski definition) is 0. The molecule has 0 aliphatic heterocycles. The first-order valence-electron chi connectivity index (χ1n) is 7.02. The van der Waals surface area contributed by atoms with Crippen molar-refractivity contribution in [3.8, 4) is 0 Å². The molecule has 0 aromatic heterocycles. The van der Waals surface area contributed by atoms with Gasteiger partial charge in [0, 0.05) is 10.4 Å². The molecule has 0 fully saturated rings. The van der Waals surface area contributed by atoms with Gasteiger partial charge in [0.1, 0.15) is 0 Å². The summed E-state index contributed by atoms with van der Waals surface area (Å²) in [5.41, 5.74) is 3.65. The van der Waals surface area contributed by atoms with Crippen LogP contribution in [0.25, 0.3) is 10.8 Å². The molecular formula is C19H16Cl2. The number of aryl methyl sites for hydroxylation is 1. The molecule has 0 aliphatic rings. The van der Waals surface area contributed by atoms with E-state index in [9.17, 15) is 0 Å². The van der Waals surface area contributed by atoms with Gasteiger partial charge < -0.3 is 0 Å². The number of fused-ring (bicyclic) bond motifs is 1. The highest BCUT2D eigenvalue weighted by molar-refractivity contribution is 6.35. The predicted molar refractivity (Wildman–Crippen MR) is 92.4 cm³/mol. The van der Waals surface area contributed by atoms with Crippen molar-refractivity contribution in [1.82, 2.24) is 0 Å². The van der Waals surface area contributed by atoms with Crippen molar-refractivity contribution in [2.24, 2.45) is 0 Å². The summed E-state index contributed by atoms with van der Waals surface area (Å²) < 4.78 is 0. The number of rotatable bonds is 3. The summed E-state index contributed by atoms with van der Waals surface area (Å²) in [6.07, 6.45) is 0.813. The van der Waals surface area contributed by atoms with Gasteiger partial charge in [0.25, 0.3) is 0 Å². The average molecular weight is 315 g/mol. The van der Waals surface area contributed by atoms with Crippen LogP contribution < -0.4 is 0 Å². The van der Waals surface area contributed by atoms with Crippen LogP contribution in [0.1, 0.15) is 22.1 Å². The van der Waals surface area contributed by atoms with Crippen LogP contribution in [0.4, 0.5) is 0 Å². The Labute approximate surface area is 135 Å². The molecule has 3 rings (SSSR count). The lowest BCUT2D eigenvalue weighted by Gasteiger charge is -2.14. The highest BCUT2D eigenvalue weighted by atomic mass is 35.5. The molecule has 0 spiro atoms. The van der Waals surface area contributed by atoms with Crippen LogP contribution in [0.15, 0.2) is 60.7 Å². The van der Waals surface area contributed by atoms with E-state index in [0.29, 0.717) is 0 Å². The molecule has 0 N–H and O–H groups in total. The zero-order chi connectivity index (χ0) is 14.8. The SMILES string of the molecule is Cc1ccc(CC(Cl)c2ccc(Cl)c3ccccc23)cc1. The first-order valence-corrected chi connectivity index (χ1v) is 7.83. The van der Waals surface area contributed by atoms with Gasteiger partial charge in [-0.1, -0.05) is 71.8 Å². The zero-order valence-corrected chi connectivity index (χ0v) is 13.3. The molecule has 1 atom stereocenters. The van der Waals surface area contributed by atoms with Gasteiger partial charge >= 0.3 is 0 Å². The fraction of sp³-hybridized carbons (Fsp3) is 0.158. The van der Waals surface area contributed by atoms with E-state index >= 15 is 0 Å². The van der Waals surface area contributed by atoms with Gasteiger partial charge in [0.2, 0.25) is 0 Å². The van der Waals surface area contributed by atoms with Gasteiger partial charge in [0.15, 0.2) is 0 Å². The lowest BCUT2D eigenvalue weighted by molar-refractivity contribution is 0.928. The fourth-order valence-electron chi connectivity index (χ4n) is 2.60. The summed E-state index contributed by atoms with van der Waals surface area (Å²) in [5.74, 6) is 0. The molecule has 0 aliphatic carbocycles. The molecule has 0 nitrogen and oxygen atoms in total. The molecule has 0 heterocycles. The minimum Gasteiger partial charge on any atom is -0.117 e. The van der Waals surface area contributed by atoms with Crippen molar-refractivity contribution >= 4 is 34.0 Å². The summed E-state index contributed by atoms with van der Waals surface area (Å²) in [7, 11) is 0. The lowest BCUT2D eigenvalue weighted by Crippen LogP contribution is -1.97. The molecular weight excluding hydrogens is 299 g/mol. The molecule has 0 radical (unpaired) electrons. The van der Waals surface area contributed by atoms with Crippen LogP contribution in [0.5, 0.6) is 0 Å². The second-order valence-electron chi connectivity index (χ2n) is 5.34. The standard InChI is InChI=1S/C19H16Cl2/c1-13-6-8-14(9-7-13)12-19(21)17-10-11-18(20)16-5-3-2-4-15(16)17/h2-11,19H,12H2,1H3. The molecule has 21 heavy (non-hydrogen) atoms. The van der Waals surface area contributed by atoms with E-state index in [1.165, 1.54) is 11.1 Å². The minimum atomic E-state index is -0.0603. The highest BCUT2D eigenvalue weighted by Gasteiger charge is 2.13. The summed E-state index contributed by atoms with van der Waals surface area (Å²) in [5, 5.41) is 2.91. The monoisotopic (exact) mass is 314 g/mol. The first-order chi connectivity index (χ1) is 10.1. The Kier molecular flexibility index (Phi) is 4.19. The largest absolute Gasteiger partial charge is 0.117 e. The summed E-state index contributed by atoms with van der Waals surface area (Å²) in [4.78, 5) is 0. The smallest absolute Gasteiger partial charge is 0.0631 e. The third kappa shape index (κ3) is 3.07. The number of alkyl halides is 1. The van der Waals surface area contributed by atoms with Crippen LogP contribution in [0, 0.1) is 6.92 Å². The van der Waals surface area contributed by atoms with Crippen LogP contribution in [0.2, 0.25) is 5.02 Å². The van der Waals surface area contributed by atoms with Crippen LogP contribution in [-0.2, 0) is 6.42 Å². The molecule has 3 aromatic carbocycles. The summed E-state index contributed by atoms with van der Waals surface area (Å²) in [6, 6.07) is 20.7. The molecule has 0 saturated carbocycles. The normalized spacial score (nSPS) is 12.5. The van der Waals surface area contributed by atoms with E-state index in [-0.39, 0.29) is 5.38 Å². The third-order valence-electron chi connectivity index (χ3n) is 3.78. The Bertz CT molecular complexity index is 760. The Morgan fingerprint density at radius 2 is 1.52 bits per heavy atom. The molecule has 1 unspecified atom stereocenters. The van der Waals surface area contributed by atoms with E-state index in [1.54, 1.807) is 0 Å². The maximum absolute atomic E-state index is 6.67. The van der Waals surface area contributed by atoms with E-state index in [1.807, 2.05) is 30.3 Å². The topological polar surface area (TPSA) is 0 Å². The van der Waals surface area contributed by atoms with E-state index < -0.39 is 0 Å². The van der Waals surface area contributed by atoms with Crippen LogP contribution in [0.3, 0.4) is 0 Å². The van der Waals surface area contributed by atoms with E-state index in [4.69, 9.17) is 23.2 Å². The Morgan fingerprint density at radius 1 is 0.857 bits per heavy atom. The first kappa shape index (κ1) is 14.4. The molecule has 2 heteroatoms. The van der Waals surface area contributed by atoms with Gasteiger partial charge in [-0.2, -0.15) is 0 Å². The Balaban J connectivity index is 1.96. The van der Waals surface area contributed by atoms with Gasteiger partial charge in [-0.3, -0.25) is 0 Å². The molecule has 0 amide bonds. The predicted octanol–water partition coefficient (Wildman–Crippen LogP) is 6.32. The number of benzene rings is 3. The van der Waals surface area contributed by atoms with E-state index in [0.717, 1.165) is 27.8 Å². The van der Waals surface area contributed by atoms with Gasteiger partial charge in [0.05, 0.1) is 5.38 Å². The summed E-state index contributed by atoms with van der Waals surface area (Å²) in [6.45, 7) is 2.09.